The molecule has 1 amide bonds. The number of aromatic nitrogens is 1. The number of methoxy groups -OCH3 is 1. The summed E-state index contributed by atoms with van der Waals surface area (Å²) in [4.78, 5) is 19.1. The Labute approximate surface area is 122 Å². The third-order valence-corrected chi connectivity index (χ3v) is 4.29. The minimum Gasteiger partial charge on any atom is -0.490 e. The molecule has 0 saturated heterocycles. The quantitative estimate of drug-likeness (QED) is 0.799. The molecule has 2 aromatic rings. The lowest BCUT2D eigenvalue weighted by Gasteiger charge is -2.20. The lowest BCUT2D eigenvalue weighted by molar-refractivity contribution is -0.121. The number of fused-ring (bicyclic) bond motifs is 4. The van der Waals surface area contributed by atoms with Crippen molar-refractivity contribution in [2.45, 2.75) is 5.41 Å². The minimum absolute atomic E-state index is 0.0109. The number of pyridine rings is 1. The first-order chi connectivity index (χ1) is 10.2. The maximum atomic E-state index is 12.9. The SMILES string of the molecule is COc1ccc2c(n1)C1(CO2)C(=O)N(C)c2ccccc21. The number of anilines is 1. The maximum absolute atomic E-state index is 12.9. The molecule has 0 N–H and O–H groups in total. The lowest BCUT2D eigenvalue weighted by atomic mass is 9.80. The Morgan fingerprint density at radius 3 is 2.90 bits per heavy atom. The number of hydrogen-bond acceptors (Lipinski definition) is 4. The average molecular weight is 282 g/mol. The van der Waals surface area contributed by atoms with Crippen molar-refractivity contribution in [1.82, 2.24) is 4.98 Å². The predicted molar refractivity (Wildman–Crippen MR) is 76.9 cm³/mol. The van der Waals surface area contributed by atoms with Gasteiger partial charge in [-0.15, -0.1) is 0 Å². The van der Waals surface area contributed by atoms with E-state index in [1.807, 2.05) is 30.3 Å². The van der Waals surface area contributed by atoms with E-state index in [0.29, 0.717) is 17.3 Å². The molecule has 1 unspecified atom stereocenters. The number of amides is 1. The fourth-order valence-electron chi connectivity index (χ4n) is 3.22. The second-order valence-corrected chi connectivity index (χ2v) is 5.28. The van der Waals surface area contributed by atoms with Gasteiger partial charge in [-0.3, -0.25) is 4.79 Å². The molecular formula is C16H14N2O3. The summed E-state index contributed by atoms with van der Waals surface area (Å²) in [6.45, 7) is 0.280. The van der Waals surface area contributed by atoms with Crippen LogP contribution in [0.25, 0.3) is 0 Å². The van der Waals surface area contributed by atoms with Gasteiger partial charge < -0.3 is 14.4 Å². The summed E-state index contributed by atoms with van der Waals surface area (Å²) in [6, 6.07) is 11.3. The van der Waals surface area contributed by atoms with Crippen molar-refractivity contribution in [3.8, 4) is 11.6 Å². The Kier molecular flexibility index (Phi) is 2.31. The Morgan fingerprint density at radius 1 is 1.29 bits per heavy atom. The van der Waals surface area contributed by atoms with Crippen LogP contribution in [-0.4, -0.2) is 31.7 Å². The zero-order valence-corrected chi connectivity index (χ0v) is 11.8. The molecule has 5 heteroatoms. The summed E-state index contributed by atoms with van der Waals surface area (Å²) in [5, 5.41) is 0. The number of nitrogens with zero attached hydrogens (tertiary/aromatic N) is 2. The molecule has 1 aromatic carbocycles. The number of carbonyl (C=O) groups is 1. The van der Waals surface area contributed by atoms with E-state index in [9.17, 15) is 4.79 Å². The zero-order chi connectivity index (χ0) is 14.6. The average Bonchev–Trinajstić information content (AvgIpc) is 3.01. The molecule has 5 nitrogen and oxygen atoms in total. The Bertz CT molecular complexity index is 759. The van der Waals surface area contributed by atoms with Crippen LogP contribution in [0.5, 0.6) is 11.6 Å². The fourth-order valence-corrected chi connectivity index (χ4v) is 3.22. The molecule has 2 aliphatic rings. The van der Waals surface area contributed by atoms with Crippen LogP contribution in [0, 0.1) is 0 Å². The Hall–Kier alpha value is -2.56. The molecule has 0 fully saturated rings. The smallest absolute Gasteiger partial charge is 0.247 e. The number of hydrogen-bond donors (Lipinski definition) is 0. The van der Waals surface area contributed by atoms with Crippen molar-refractivity contribution in [1.29, 1.82) is 0 Å². The van der Waals surface area contributed by atoms with Gasteiger partial charge in [-0.25, -0.2) is 4.98 Å². The van der Waals surface area contributed by atoms with Crippen LogP contribution in [0.15, 0.2) is 36.4 Å². The second kappa shape index (κ2) is 3.97. The van der Waals surface area contributed by atoms with E-state index in [-0.39, 0.29) is 12.5 Å². The van der Waals surface area contributed by atoms with Crippen LogP contribution in [0.4, 0.5) is 5.69 Å². The molecule has 1 aromatic heterocycles. The highest BCUT2D eigenvalue weighted by Gasteiger charge is 2.57. The molecule has 0 bridgehead atoms. The lowest BCUT2D eigenvalue weighted by Crippen LogP contribution is -2.41. The molecule has 2 aliphatic heterocycles. The minimum atomic E-state index is -0.852. The molecule has 1 spiro atoms. The monoisotopic (exact) mass is 282 g/mol. The molecular weight excluding hydrogens is 268 g/mol. The van der Waals surface area contributed by atoms with Gasteiger partial charge in [-0.05, 0) is 12.1 Å². The van der Waals surface area contributed by atoms with Crippen molar-refractivity contribution in [2.24, 2.45) is 0 Å². The van der Waals surface area contributed by atoms with E-state index in [0.717, 1.165) is 11.3 Å². The Morgan fingerprint density at radius 2 is 2.10 bits per heavy atom. The standard InChI is InChI=1S/C16H14N2O3/c1-18-11-6-4-3-5-10(11)16(15(18)19)9-21-12-7-8-13(20-2)17-14(12)16/h3-8H,9H2,1-2H3. The number of ether oxygens (including phenoxy) is 2. The summed E-state index contributed by atoms with van der Waals surface area (Å²) < 4.78 is 10.9. The topological polar surface area (TPSA) is 51.7 Å². The highest BCUT2D eigenvalue weighted by atomic mass is 16.5. The van der Waals surface area contributed by atoms with Crippen molar-refractivity contribution in [2.75, 3.05) is 25.7 Å². The van der Waals surface area contributed by atoms with Gasteiger partial charge in [0.2, 0.25) is 11.8 Å². The molecule has 0 radical (unpaired) electrons. The van der Waals surface area contributed by atoms with Crippen molar-refractivity contribution in [3.63, 3.8) is 0 Å². The van der Waals surface area contributed by atoms with Gasteiger partial charge in [0.05, 0.1) is 7.11 Å². The number of para-hydroxylation sites is 1. The largest absolute Gasteiger partial charge is 0.490 e. The third-order valence-electron chi connectivity index (χ3n) is 4.29. The molecule has 106 valence electrons. The normalized spacial score (nSPS) is 22.2. The number of likely N-dealkylation sites (N-methyl/N-ethyl adjacent to an activating group) is 1. The summed E-state index contributed by atoms with van der Waals surface area (Å²) >= 11 is 0. The van der Waals surface area contributed by atoms with Gasteiger partial charge in [0.25, 0.3) is 0 Å². The van der Waals surface area contributed by atoms with Crippen LogP contribution in [0.3, 0.4) is 0 Å². The van der Waals surface area contributed by atoms with E-state index in [1.54, 1.807) is 25.1 Å². The number of benzene rings is 1. The van der Waals surface area contributed by atoms with Crippen LogP contribution in [-0.2, 0) is 10.2 Å². The van der Waals surface area contributed by atoms with E-state index >= 15 is 0 Å². The summed E-state index contributed by atoms with van der Waals surface area (Å²) in [6.07, 6.45) is 0. The second-order valence-electron chi connectivity index (χ2n) is 5.28. The van der Waals surface area contributed by atoms with E-state index in [2.05, 4.69) is 4.98 Å². The highest BCUT2D eigenvalue weighted by molar-refractivity contribution is 6.10. The third kappa shape index (κ3) is 1.35. The first kappa shape index (κ1) is 12.2. The number of carbonyl (C=O) groups excluding carboxylic acids is 1. The van der Waals surface area contributed by atoms with Crippen LogP contribution >= 0.6 is 0 Å². The van der Waals surface area contributed by atoms with Gasteiger partial charge in [-0.1, -0.05) is 18.2 Å². The van der Waals surface area contributed by atoms with E-state index < -0.39 is 5.41 Å². The van der Waals surface area contributed by atoms with Crippen molar-refractivity contribution in [3.05, 3.63) is 47.7 Å². The van der Waals surface area contributed by atoms with Crippen molar-refractivity contribution >= 4 is 11.6 Å². The predicted octanol–water partition coefficient (Wildman–Crippen LogP) is 1.75. The maximum Gasteiger partial charge on any atom is 0.247 e. The first-order valence-electron chi connectivity index (χ1n) is 6.74. The summed E-state index contributed by atoms with van der Waals surface area (Å²) in [5.74, 6) is 1.12. The van der Waals surface area contributed by atoms with E-state index in [1.165, 1.54) is 0 Å². The van der Waals surface area contributed by atoms with Gasteiger partial charge >= 0.3 is 0 Å². The van der Waals surface area contributed by atoms with Gasteiger partial charge in [-0.2, -0.15) is 0 Å². The van der Waals surface area contributed by atoms with Crippen molar-refractivity contribution < 1.29 is 14.3 Å². The van der Waals surface area contributed by atoms with Crippen LogP contribution in [0.1, 0.15) is 11.3 Å². The van der Waals surface area contributed by atoms with Crippen LogP contribution < -0.4 is 14.4 Å². The first-order valence-corrected chi connectivity index (χ1v) is 6.74. The molecule has 1 atom stereocenters. The molecule has 3 heterocycles. The highest BCUT2D eigenvalue weighted by Crippen LogP contribution is 2.51. The zero-order valence-electron chi connectivity index (χ0n) is 11.8. The fraction of sp³-hybridized carbons (Fsp3) is 0.250. The molecule has 21 heavy (non-hydrogen) atoms. The van der Waals surface area contributed by atoms with Gasteiger partial charge in [0, 0.05) is 24.4 Å². The molecule has 0 aliphatic carbocycles. The Balaban J connectivity index is 2.01. The molecule has 4 rings (SSSR count). The van der Waals surface area contributed by atoms with Crippen LogP contribution in [0.2, 0.25) is 0 Å². The molecule has 0 saturated carbocycles. The van der Waals surface area contributed by atoms with Gasteiger partial charge in [0.1, 0.15) is 18.1 Å². The number of rotatable bonds is 1. The van der Waals surface area contributed by atoms with Gasteiger partial charge in [0.15, 0.2) is 5.41 Å². The summed E-state index contributed by atoms with van der Waals surface area (Å²) in [5.41, 5.74) is 1.64. The van der Waals surface area contributed by atoms with E-state index in [4.69, 9.17) is 9.47 Å². The summed E-state index contributed by atoms with van der Waals surface area (Å²) in [7, 11) is 3.35.